The van der Waals surface area contributed by atoms with E-state index in [4.69, 9.17) is 0 Å². The Hall–Kier alpha value is -2.19. The number of hydrogen-bond acceptors (Lipinski definition) is 4. The quantitative estimate of drug-likeness (QED) is 0.785. The predicted molar refractivity (Wildman–Crippen MR) is 106 cm³/mol. The van der Waals surface area contributed by atoms with Crippen LogP contribution in [0.2, 0.25) is 0 Å². The fourth-order valence-electron chi connectivity index (χ4n) is 2.80. The molecular weight excluding hydrogens is 364 g/mol. The molecule has 27 heavy (non-hydrogen) atoms. The van der Waals surface area contributed by atoms with Crippen molar-refractivity contribution >= 4 is 21.6 Å². The fraction of sp³-hybridized carbons (Fsp3) is 0.474. The van der Waals surface area contributed by atoms with E-state index in [-0.39, 0.29) is 17.2 Å². The SMILES string of the molecule is Cc1nn(CC(C)C)c(C)c1CC(=O)Nc1ccc(S(=O)(=O)N(C)C)cc1. The summed E-state index contributed by atoms with van der Waals surface area (Å²) < 4.78 is 27.3. The van der Waals surface area contributed by atoms with Gasteiger partial charge in [0.25, 0.3) is 0 Å². The van der Waals surface area contributed by atoms with Crippen molar-refractivity contribution in [1.29, 1.82) is 0 Å². The molecule has 1 aromatic heterocycles. The molecule has 0 bridgehead atoms. The first-order chi connectivity index (χ1) is 12.5. The van der Waals surface area contributed by atoms with Gasteiger partial charge in [0.15, 0.2) is 0 Å². The van der Waals surface area contributed by atoms with Crippen molar-refractivity contribution in [2.75, 3.05) is 19.4 Å². The second-order valence-electron chi connectivity index (χ2n) is 7.26. The van der Waals surface area contributed by atoms with E-state index < -0.39 is 10.0 Å². The highest BCUT2D eigenvalue weighted by molar-refractivity contribution is 7.89. The number of aryl methyl sites for hydroxylation is 1. The van der Waals surface area contributed by atoms with Gasteiger partial charge in [0.05, 0.1) is 17.0 Å². The number of nitrogens with zero attached hydrogens (tertiary/aromatic N) is 3. The Kier molecular flexibility index (Phi) is 6.43. The number of anilines is 1. The predicted octanol–water partition coefficient (Wildman–Crippen LogP) is 2.59. The number of aromatic nitrogens is 2. The summed E-state index contributed by atoms with van der Waals surface area (Å²) in [7, 11) is -0.517. The topological polar surface area (TPSA) is 84.3 Å². The molecule has 0 aliphatic heterocycles. The van der Waals surface area contributed by atoms with Crippen LogP contribution in [0, 0.1) is 19.8 Å². The Balaban J connectivity index is 2.10. The summed E-state index contributed by atoms with van der Waals surface area (Å²) in [5, 5.41) is 7.35. The highest BCUT2D eigenvalue weighted by Gasteiger charge is 2.18. The molecule has 0 aliphatic rings. The van der Waals surface area contributed by atoms with Crippen molar-refractivity contribution < 1.29 is 13.2 Å². The van der Waals surface area contributed by atoms with Crippen molar-refractivity contribution in [2.24, 2.45) is 5.92 Å². The van der Waals surface area contributed by atoms with E-state index in [1.165, 1.54) is 26.2 Å². The van der Waals surface area contributed by atoms with E-state index in [0.717, 1.165) is 27.8 Å². The number of carbonyl (C=O) groups excluding carboxylic acids is 1. The van der Waals surface area contributed by atoms with E-state index in [1.807, 2.05) is 18.5 Å². The number of amides is 1. The molecule has 8 heteroatoms. The normalized spacial score (nSPS) is 12.0. The Labute approximate surface area is 161 Å². The van der Waals surface area contributed by atoms with Crippen LogP contribution < -0.4 is 5.32 Å². The molecule has 0 saturated carbocycles. The van der Waals surface area contributed by atoms with Crippen molar-refractivity contribution in [1.82, 2.24) is 14.1 Å². The van der Waals surface area contributed by atoms with Gasteiger partial charge < -0.3 is 5.32 Å². The third-order valence-electron chi connectivity index (χ3n) is 4.32. The molecule has 1 aromatic carbocycles. The molecule has 0 unspecified atom stereocenters. The number of sulfonamides is 1. The molecule has 2 rings (SSSR count). The summed E-state index contributed by atoms with van der Waals surface area (Å²) in [5.41, 5.74) is 3.35. The lowest BCUT2D eigenvalue weighted by Gasteiger charge is -2.12. The van der Waals surface area contributed by atoms with Gasteiger partial charge in [-0.1, -0.05) is 13.8 Å². The minimum atomic E-state index is -3.48. The van der Waals surface area contributed by atoms with Crippen LogP contribution >= 0.6 is 0 Å². The molecule has 1 amide bonds. The first-order valence-corrected chi connectivity index (χ1v) is 10.3. The zero-order valence-corrected chi connectivity index (χ0v) is 17.6. The van der Waals surface area contributed by atoms with Crippen LogP contribution in [0.25, 0.3) is 0 Å². The zero-order valence-electron chi connectivity index (χ0n) is 16.8. The molecule has 1 heterocycles. The van der Waals surface area contributed by atoms with E-state index in [0.29, 0.717) is 11.6 Å². The molecule has 0 saturated heterocycles. The number of nitrogens with one attached hydrogen (secondary N) is 1. The summed E-state index contributed by atoms with van der Waals surface area (Å²) in [5.74, 6) is 0.315. The molecule has 0 spiro atoms. The van der Waals surface area contributed by atoms with Crippen molar-refractivity contribution in [3.05, 3.63) is 41.2 Å². The standard InChI is InChI=1S/C19H28N4O3S/c1-13(2)12-23-15(4)18(14(3)21-23)11-19(24)20-16-7-9-17(10-8-16)27(25,26)22(5)6/h7-10,13H,11-12H2,1-6H3,(H,20,24). The molecule has 2 aromatic rings. The second-order valence-corrected chi connectivity index (χ2v) is 9.41. The third-order valence-corrected chi connectivity index (χ3v) is 6.15. The van der Waals surface area contributed by atoms with Crippen LogP contribution in [0.1, 0.15) is 30.8 Å². The fourth-order valence-corrected chi connectivity index (χ4v) is 3.70. The van der Waals surface area contributed by atoms with E-state index >= 15 is 0 Å². The maximum atomic E-state index is 12.4. The maximum Gasteiger partial charge on any atom is 0.242 e. The molecule has 0 atom stereocenters. The van der Waals surface area contributed by atoms with E-state index in [1.54, 1.807) is 12.1 Å². The molecular formula is C19H28N4O3S. The second kappa shape index (κ2) is 8.22. The lowest BCUT2D eigenvalue weighted by Crippen LogP contribution is -2.22. The summed E-state index contributed by atoms with van der Waals surface area (Å²) >= 11 is 0. The average Bonchev–Trinajstić information content (AvgIpc) is 2.82. The van der Waals surface area contributed by atoms with Gasteiger partial charge in [0.2, 0.25) is 15.9 Å². The lowest BCUT2D eigenvalue weighted by atomic mass is 10.1. The van der Waals surface area contributed by atoms with Gasteiger partial charge in [0, 0.05) is 37.6 Å². The number of rotatable bonds is 7. The van der Waals surface area contributed by atoms with Crippen LogP contribution in [0.15, 0.2) is 29.2 Å². The van der Waals surface area contributed by atoms with Crippen molar-refractivity contribution in [2.45, 2.75) is 45.6 Å². The largest absolute Gasteiger partial charge is 0.326 e. The van der Waals surface area contributed by atoms with Crippen molar-refractivity contribution in [3.8, 4) is 0 Å². The van der Waals surface area contributed by atoms with E-state index in [2.05, 4.69) is 24.3 Å². The zero-order chi connectivity index (χ0) is 20.4. The average molecular weight is 393 g/mol. The summed E-state index contributed by atoms with van der Waals surface area (Å²) in [6, 6.07) is 6.16. The highest BCUT2D eigenvalue weighted by Crippen LogP contribution is 2.19. The minimum absolute atomic E-state index is 0.159. The van der Waals surface area contributed by atoms with Crippen molar-refractivity contribution in [3.63, 3.8) is 0 Å². The van der Waals surface area contributed by atoms with Gasteiger partial charge >= 0.3 is 0 Å². The Morgan fingerprint density at radius 3 is 2.30 bits per heavy atom. The first kappa shape index (κ1) is 21.1. The molecule has 0 radical (unpaired) electrons. The van der Waals surface area contributed by atoms with Gasteiger partial charge in [-0.05, 0) is 44.0 Å². The van der Waals surface area contributed by atoms with Crippen LogP contribution in [0.3, 0.4) is 0 Å². The molecule has 7 nitrogen and oxygen atoms in total. The monoisotopic (exact) mass is 392 g/mol. The Morgan fingerprint density at radius 1 is 1.19 bits per heavy atom. The van der Waals surface area contributed by atoms with Crippen LogP contribution in [0.4, 0.5) is 5.69 Å². The van der Waals surface area contributed by atoms with Crippen LogP contribution in [0.5, 0.6) is 0 Å². The molecule has 1 N–H and O–H groups in total. The molecule has 0 fully saturated rings. The van der Waals surface area contributed by atoms with Crippen LogP contribution in [-0.2, 0) is 27.8 Å². The smallest absolute Gasteiger partial charge is 0.242 e. The molecule has 0 aliphatic carbocycles. The number of hydrogen-bond donors (Lipinski definition) is 1. The Bertz CT molecular complexity index is 913. The third kappa shape index (κ3) is 4.95. The Morgan fingerprint density at radius 2 is 1.78 bits per heavy atom. The number of benzene rings is 1. The highest BCUT2D eigenvalue weighted by atomic mass is 32.2. The lowest BCUT2D eigenvalue weighted by molar-refractivity contribution is -0.115. The van der Waals surface area contributed by atoms with Gasteiger partial charge in [-0.2, -0.15) is 5.10 Å². The van der Waals surface area contributed by atoms with Crippen LogP contribution in [-0.4, -0.2) is 42.5 Å². The minimum Gasteiger partial charge on any atom is -0.326 e. The van der Waals surface area contributed by atoms with Gasteiger partial charge in [0.1, 0.15) is 0 Å². The van der Waals surface area contributed by atoms with Gasteiger partial charge in [-0.3, -0.25) is 9.48 Å². The number of carbonyl (C=O) groups is 1. The van der Waals surface area contributed by atoms with E-state index in [9.17, 15) is 13.2 Å². The summed E-state index contributed by atoms with van der Waals surface area (Å²) in [6.07, 6.45) is 0.230. The summed E-state index contributed by atoms with van der Waals surface area (Å²) in [4.78, 5) is 12.6. The van der Waals surface area contributed by atoms with Gasteiger partial charge in [-0.25, -0.2) is 12.7 Å². The molecule has 148 valence electrons. The van der Waals surface area contributed by atoms with Gasteiger partial charge in [-0.15, -0.1) is 0 Å². The first-order valence-electron chi connectivity index (χ1n) is 8.87. The maximum absolute atomic E-state index is 12.4. The summed E-state index contributed by atoms with van der Waals surface area (Å²) in [6.45, 7) is 8.96.